The molecule has 4 N–H and O–H groups in total. The third kappa shape index (κ3) is 4.82. The number of amides is 1. The molecule has 19 heavy (non-hydrogen) atoms. The van der Waals surface area contributed by atoms with Crippen molar-refractivity contribution < 1.29 is 14.7 Å². The van der Waals surface area contributed by atoms with E-state index in [0.717, 1.165) is 25.7 Å². The van der Waals surface area contributed by atoms with Gasteiger partial charge in [0.25, 0.3) is 0 Å². The summed E-state index contributed by atoms with van der Waals surface area (Å²) >= 11 is 0. The van der Waals surface area contributed by atoms with Crippen LogP contribution < -0.4 is 11.1 Å². The fraction of sp³-hybridized carbons (Fsp3) is 0.857. The Bertz CT molecular complexity index is 333. The molecule has 3 atom stereocenters. The van der Waals surface area contributed by atoms with Crippen molar-refractivity contribution in [1.29, 1.82) is 0 Å². The zero-order chi connectivity index (χ0) is 14.5. The van der Waals surface area contributed by atoms with Crippen molar-refractivity contribution in [3.05, 3.63) is 0 Å². The number of rotatable bonds is 6. The second kappa shape index (κ2) is 6.89. The van der Waals surface area contributed by atoms with Crippen molar-refractivity contribution in [2.75, 3.05) is 6.54 Å². The van der Waals surface area contributed by atoms with E-state index in [9.17, 15) is 9.59 Å². The fourth-order valence-corrected chi connectivity index (χ4v) is 2.71. The molecule has 1 aliphatic carbocycles. The van der Waals surface area contributed by atoms with Crippen LogP contribution in [0.15, 0.2) is 0 Å². The molecule has 1 saturated carbocycles. The zero-order valence-electron chi connectivity index (χ0n) is 11.9. The lowest BCUT2D eigenvalue weighted by atomic mass is 9.76. The monoisotopic (exact) mass is 270 g/mol. The van der Waals surface area contributed by atoms with Gasteiger partial charge < -0.3 is 16.2 Å². The van der Waals surface area contributed by atoms with Gasteiger partial charge in [-0.05, 0) is 31.6 Å². The molecule has 1 rings (SSSR count). The summed E-state index contributed by atoms with van der Waals surface area (Å²) in [6, 6.07) is 0. The largest absolute Gasteiger partial charge is 0.481 e. The average Bonchev–Trinajstić information content (AvgIpc) is 2.33. The van der Waals surface area contributed by atoms with Gasteiger partial charge in [0.05, 0.1) is 11.5 Å². The lowest BCUT2D eigenvalue weighted by molar-refractivity contribution is -0.141. The molecule has 5 nitrogen and oxygen atoms in total. The van der Waals surface area contributed by atoms with Crippen LogP contribution in [-0.4, -0.2) is 29.1 Å². The molecule has 0 spiro atoms. The minimum atomic E-state index is -0.789. The molecule has 110 valence electrons. The summed E-state index contributed by atoms with van der Waals surface area (Å²) in [7, 11) is 0. The SMILES string of the molecule is CC1CCCC(N)(C(=O)NCCCC(C)C(=O)O)C1. The van der Waals surface area contributed by atoms with E-state index >= 15 is 0 Å². The van der Waals surface area contributed by atoms with E-state index in [-0.39, 0.29) is 11.8 Å². The Kier molecular flexibility index (Phi) is 5.79. The van der Waals surface area contributed by atoms with Gasteiger partial charge in [-0.3, -0.25) is 9.59 Å². The van der Waals surface area contributed by atoms with Crippen LogP contribution in [0.2, 0.25) is 0 Å². The molecule has 0 saturated heterocycles. The summed E-state index contributed by atoms with van der Waals surface area (Å²) in [6.07, 6.45) is 4.87. The lowest BCUT2D eigenvalue weighted by Crippen LogP contribution is -2.56. The van der Waals surface area contributed by atoms with Crippen molar-refractivity contribution in [1.82, 2.24) is 5.32 Å². The van der Waals surface area contributed by atoms with E-state index in [1.165, 1.54) is 0 Å². The number of nitrogens with two attached hydrogens (primary N) is 1. The number of hydrogen-bond acceptors (Lipinski definition) is 3. The Morgan fingerprint density at radius 1 is 1.53 bits per heavy atom. The standard InChI is InChI=1S/C14H26N2O3/c1-10-5-3-7-14(15,9-10)13(19)16-8-4-6-11(2)12(17)18/h10-11H,3-9,15H2,1-2H3,(H,16,19)(H,17,18). The third-order valence-electron chi connectivity index (χ3n) is 4.01. The number of nitrogens with one attached hydrogen (secondary N) is 1. The second-order valence-corrected chi connectivity index (χ2v) is 6.00. The predicted octanol–water partition coefficient (Wildman–Crippen LogP) is 1.51. The molecule has 0 aliphatic heterocycles. The van der Waals surface area contributed by atoms with Crippen molar-refractivity contribution in [2.24, 2.45) is 17.6 Å². The Morgan fingerprint density at radius 3 is 2.79 bits per heavy atom. The number of carboxylic acid groups (broad SMARTS) is 1. The molecule has 3 unspecified atom stereocenters. The maximum atomic E-state index is 12.1. The highest BCUT2D eigenvalue weighted by molar-refractivity contribution is 5.86. The molecule has 1 aliphatic rings. The molecule has 5 heteroatoms. The highest BCUT2D eigenvalue weighted by Gasteiger charge is 2.37. The van der Waals surface area contributed by atoms with Crippen LogP contribution in [0.3, 0.4) is 0 Å². The summed E-state index contributed by atoms with van der Waals surface area (Å²) in [5, 5.41) is 11.6. The molecule has 0 aromatic rings. The number of carboxylic acids is 1. The summed E-state index contributed by atoms with van der Waals surface area (Å²) in [6.45, 7) is 4.31. The minimum Gasteiger partial charge on any atom is -0.481 e. The van der Waals surface area contributed by atoms with Gasteiger partial charge in [-0.2, -0.15) is 0 Å². The van der Waals surface area contributed by atoms with Gasteiger partial charge in [-0.15, -0.1) is 0 Å². The number of carbonyl (C=O) groups is 2. The number of hydrogen-bond donors (Lipinski definition) is 3. The molecule has 0 aromatic heterocycles. The molecule has 1 amide bonds. The van der Waals surface area contributed by atoms with Gasteiger partial charge in [0.2, 0.25) is 5.91 Å². The number of aliphatic carboxylic acids is 1. The Hall–Kier alpha value is -1.10. The van der Waals surface area contributed by atoms with Crippen LogP contribution in [0.4, 0.5) is 0 Å². The Balaban J connectivity index is 2.29. The van der Waals surface area contributed by atoms with Crippen LogP contribution in [0.25, 0.3) is 0 Å². The van der Waals surface area contributed by atoms with E-state index in [2.05, 4.69) is 12.2 Å². The van der Waals surface area contributed by atoms with Crippen LogP contribution >= 0.6 is 0 Å². The molecular weight excluding hydrogens is 244 g/mol. The van der Waals surface area contributed by atoms with Gasteiger partial charge >= 0.3 is 5.97 Å². The first kappa shape index (κ1) is 16.0. The first-order chi connectivity index (χ1) is 8.85. The van der Waals surface area contributed by atoms with Crippen LogP contribution in [0, 0.1) is 11.8 Å². The maximum absolute atomic E-state index is 12.1. The Labute approximate surface area is 114 Å². The summed E-state index contributed by atoms with van der Waals surface area (Å²) < 4.78 is 0. The van der Waals surface area contributed by atoms with Gasteiger partial charge in [-0.25, -0.2) is 0 Å². The molecule has 0 heterocycles. The van der Waals surface area contributed by atoms with Gasteiger partial charge in [0.1, 0.15) is 0 Å². The molecule has 0 radical (unpaired) electrons. The van der Waals surface area contributed by atoms with Gasteiger partial charge in [-0.1, -0.05) is 26.7 Å². The normalized spacial score (nSPS) is 28.7. The van der Waals surface area contributed by atoms with Gasteiger partial charge in [0, 0.05) is 6.54 Å². The van der Waals surface area contributed by atoms with Crippen molar-refractivity contribution in [2.45, 2.75) is 57.9 Å². The first-order valence-corrected chi connectivity index (χ1v) is 7.15. The van der Waals surface area contributed by atoms with E-state index < -0.39 is 11.5 Å². The van der Waals surface area contributed by atoms with Crippen molar-refractivity contribution >= 4 is 11.9 Å². The molecule has 1 fully saturated rings. The maximum Gasteiger partial charge on any atom is 0.306 e. The average molecular weight is 270 g/mol. The van der Waals surface area contributed by atoms with Crippen molar-refractivity contribution in [3.8, 4) is 0 Å². The fourth-order valence-electron chi connectivity index (χ4n) is 2.71. The first-order valence-electron chi connectivity index (χ1n) is 7.15. The van der Waals surface area contributed by atoms with E-state index in [1.54, 1.807) is 6.92 Å². The van der Waals surface area contributed by atoms with Crippen LogP contribution in [-0.2, 0) is 9.59 Å². The van der Waals surface area contributed by atoms with Crippen molar-refractivity contribution in [3.63, 3.8) is 0 Å². The third-order valence-corrected chi connectivity index (χ3v) is 4.01. The molecule has 0 aromatic carbocycles. The number of carbonyl (C=O) groups excluding carboxylic acids is 1. The highest BCUT2D eigenvalue weighted by atomic mass is 16.4. The topological polar surface area (TPSA) is 92.4 Å². The lowest BCUT2D eigenvalue weighted by Gasteiger charge is -2.35. The predicted molar refractivity (Wildman–Crippen MR) is 73.6 cm³/mol. The van der Waals surface area contributed by atoms with Gasteiger partial charge in [0.15, 0.2) is 0 Å². The minimum absolute atomic E-state index is 0.0815. The smallest absolute Gasteiger partial charge is 0.306 e. The summed E-state index contributed by atoms with van der Waals surface area (Å²) in [4.78, 5) is 22.7. The molecular formula is C14H26N2O3. The van der Waals surface area contributed by atoms with Crippen LogP contribution in [0.1, 0.15) is 52.4 Å². The Morgan fingerprint density at radius 2 is 2.21 bits per heavy atom. The molecule has 0 bridgehead atoms. The summed E-state index contributed by atoms with van der Waals surface area (Å²) in [5.74, 6) is -0.736. The van der Waals surface area contributed by atoms with E-state index in [0.29, 0.717) is 25.3 Å². The van der Waals surface area contributed by atoms with E-state index in [4.69, 9.17) is 10.8 Å². The zero-order valence-corrected chi connectivity index (χ0v) is 11.9. The van der Waals surface area contributed by atoms with E-state index in [1.807, 2.05) is 0 Å². The summed E-state index contributed by atoms with van der Waals surface area (Å²) in [5.41, 5.74) is 5.45. The second-order valence-electron chi connectivity index (χ2n) is 6.00. The highest BCUT2D eigenvalue weighted by Crippen LogP contribution is 2.30. The van der Waals surface area contributed by atoms with Crippen LogP contribution in [0.5, 0.6) is 0 Å². The quantitative estimate of drug-likeness (QED) is 0.638.